The number of likely N-dealkylation sites (tertiary alicyclic amines) is 1. The molecule has 1 aromatic carbocycles. The highest BCUT2D eigenvalue weighted by molar-refractivity contribution is 5.89. The number of likely N-dealkylation sites (N-methyl/N-ethyl adjacent to an activating group) is 2. The number of carbonyl (C=O) groups is 4. The summed E-state index contributed by atoms with van der Waals surface area (Å²) in [6.45, 7) is 5.02. The van der Waals surface area contributed by atoms with Gasteiger partial charge in [-0.3, -0.25) is 23.9 Å². The van der Waals surface area contributed by atoms with Gasteiger partial charge in [0.2, 0.25) is 18.2 Å². The molecule has 5 rings (SSSR count). The van der Waals surface area contributed by atoms with E-state index < -0.39 is 0 Å². The number of amides is 3. The summed E-state index contributed by atoms with van der Waals surface area (Å²) >= 11 is 0. The van der Waals surface area contributed by atoms with E-state index in [2.05, 4.69) is 33.1 Å². The van der Waals surface area contributed by atoms with Crippen molar-refractivity contribution in [2.45, 2.75) is 69.9 Å². The summed E-state index contributed by atoms with van der Waals surface area (Å²) in [7, 11) is 5.24. The first-order valence-electron chi connectivity index (χ1n) is 17.5. The molecule has 4 heterocycles. The molecule has 51 heavy (non-hydrogen) atoms. The van der Waals surface area contributed by atoms with Crippen molar-refractivity contribution in [1.82, 2.24) is 34.6 Å². The normalized spacial score (nSPS) is 13.4. The zero-order chi connectivity index (χ0) is 36.5. The quantitative estimate of drug-likeness (QED) is 0.0836. The second kappa shape index (κ2) is 16.9. The zero-order valence-corrected chi connectivity index (χ0v) is 29.7. The lowest BCUT2D eigenvalue weighted by Crippen LogP contribution is -2.50. The molecule has 0 spiro atoms. The van der Waals surface area contributed by atoms with Crippen molar-refractivity contribution < 1.29 is 19.2 Å². The number of nitrogens with zero attached hydrogens (tertiary/aromatic N) is 8. The summed E-state index contributed by atoms with van der Waals surface area (Å²) in [6.07, 6.45) is 17.6. The number of hydrogen-bond donors (Lipinski definition) is 2. The van der Waals surface area contributed by atoms with E-state index in [9.17, 15) is 19.2 Å². The Kier molecular flexibility index (Phi) is 12.2. The van der Waals surface area contributed by atoms with E-state index in [1.165, 1.54) is 10.7 Å². The summed E-state index contributed by atoms with van der Waals surface area (Å²) in [6, 6.07) is 5.82. The maximum atomic E-state index is 12.8. The Hall–Kier alpha value is -5.53. The highest BCUT2D eigenvalue weighted by Gasteiger charge is 2.32. The van der Waals surface area contributed by atoms with Crippen LogP contribution in [0.25, 0.3) is 16.8 Å². The molecule has 1 atom stereocenters. The van der Waals surface area contributed by atoms with Crippen LogP contribution in [0.5, 0.6) is 0 Å². The van der Waals surface area contributed by atoms with Gasteiger partial charge in [0.15, 0.2) is 11.9 Å². The number of nitrogens with two attached hydrogens (primary N) is 1. The zero-order valence-electron chi connectivity index (χ0n) is 29.7. The highest BCUT2D eigenvalue weighted by Crippen LogP contribution is 2.32. The van der Waals surface area contributed by atoms with Crippen LogP contribution in [0, 0.1) is 0 Å². The van der Waals surface area contributed by atoms with Crippen LogP contribution in [-0.4, -0.2) is 94.1 Å². The van der Waals surface area contributed by atoms with Crippen molar-refractivity contribution in [3.8, 4) is 11.1 Å². The van der Waals surface area contributed by atoms with Gasteiger partial charge in [0.25, 0.3) is 0 Å². The summed E-state index contributed by atoms with van der Waals surface area (Å²) in [5.41, 5.74) is 11.7. The number of rotatable bonds is 19. The van der Waals surface area contributed by atoms with Crippen LogP contribution in [-0.2, 0) is 20.8 Å². The predicted molar refractivity (Wildman–Crippen MR) is 198 cm³/mol. The number of hydrogen-bond acceptors (Lipinski definition) is 9. The third kappa shape index (κ3) is 8.27. The minimum absolute atomic E-state index is 0.0786. The van der Waals surface area contributed by atoms with E-state index in [4.69, 9.17) is 5.73 Å². The number of fused-ring (bicyclic) bond motifs is 1. The van der Waals surface area contributed by atoms with E-state index in [0.717, 1.165) is 67.4 Å². The Morgan fingerprint density at radius 2 is 1.82 bits per heavy atom. The van der Waals surface area contributed by atoms with Gasteiger partial charge in [0, 0.05) is 58.0 Å². The first kappa shape index (κ1) is 36.7. The molecule has 4 aromatic rings. The average Bonchev–Trinajstić information content (AvgIpc) is 3.78. The molecule has 1 aliphatic rings. The van der Waals surface area contributed by atoms with Gasteiger partial charge in [-0.25, -0.2) is 9.50 Å². The molecule has 1 fully saturated rings. The topological polar surface area (TPSA) is 164 Å². The molecule has 3 aromatic heterocycles. The lowest BCUT2D eigenvalue weighted by atomic mass is 10.0. The smallest absolute Gasteiger partial charge is 0.242 e. The van der Waals surface area contributed by atoms with Gasteiger partial charge >= 0.3 is 0 Å². The summed E-state index contributed by atoms with van der Waals surface area (Å²) in [5.74, 6) is 0.0907. The molecule has 270 valence electrons. The van der Waals surface area contributed by atoms with Crippen molar-refractivity contribution in [1.29, 1.82) is 0 Å². The van der Waals surface area contributed by atoms with Gasteiger partial charge in [0.1, 0.15) is 11.7 Å². The molecule has 0 saturated carbocycles. The van der Waals surface area contributed by atoms with Crippen molar-refractivity contribution in [2.24, 2.45) is 0 Å². The van der Waals surface area contributed by atoms with Crippen molar-refractivity contribution in [3.05, 3.63) is 66.9 Å². The minimum Gasteiger partial charge on any atom is -0.395 e. The van der Waals surface area contributed by atoms with Gasteiger partial charge in [0.05, 0.1) is 41.7 Å². The van der Waals surface area contributed by atoms with E-state index in [1.54, 1.807) is 37.5 Å². The minimum atomic E-state index is -0.383. The molecule has 1 saturated heterocycles. The predicted octanol–water partition coefficient (Wildman–Crippen LogP) is 4.06. The molecular weight excluding hydrogens is 648 g/mol. The largest absolute Gasteiger partial charge is 0.395 e. The van der Waals surface area contributed by atoms with Gasteiger partial charge in [-0.1, -0.05) is 31.4 Å². The number of unbranched alkanes of at least 4 members (excludes halogenated alkanes) is 4. The number of carbonyl (C=O) groups excluding carboxylic acids is 4. The fourth-order valence-electron chi connectivity index (χ4n) is 6.55. The third-order valence-electron chi connectivity index (χ3n) is 9.69. The molecule has 0 radical (unpaired) electrons. The molecule has 3 amide bonds. The van der Waals surface area contributed by atoms with Crippen LogP contribution in [0.15, 0.2) is 55.6 Å². The van der Waals surface area contributed by atoms with E-state index in [1.807, 2.05) is 39.9 Å². The second-order valence-electron chi connectivity index (χ2n) is 13.1. The number of allylic oxidation sites excluding steroid dienone is 1. The Labute approximate surface area is 298 Å². The number of aromatic nitrogens is 5. The monoisotopic (exact) mass is 696 g/mol. The standard InChI is InChI=1S/C37H48N10O4/c1-5-6-13-32(37(51)39-2)44(4)31-16-15-26(17-33(31)43(3)25-49)12-10-8-7-9-11-14-34(50)45-22-29(23-45)46-21-27(18-41-46)30-20-42-47-28(24-48)19-40-36(47)35(30)38/h5,15-21,24-25,29,32H,1,6-14,22-23,38H2,2-4H3,(H,39,51). The molecule has 0 bridgehead atoms. The van der Waals surface area contributed by atoms with Crippen LogP contribution in [0.2, 0.25) is 0 Å². The Morgan fingerprint density at radius 3 is 2.55 bits per heavy atom. The summed E-state index contributed by atoms with van der Waals surface area (Å²) < 4.78 is 3.28. The Morgan fingerprint density at radius 1 is 1.06 bits per heavy atom. The van der Waals surface area contributed by atoms with E-state index in [0.29, 0.717) is 61.2 Å². The second-order valence-corrected chi connectivity index (χ2v) is 13.1. The first-order valence-corrected chi connectivity index (χ1v) is 17.5. The number of aldehydes is 1. The highest BCUT2D eigenvalue weighted by atomic mass is 16.2. The van der Waals surface area contributed by atoms with Crippen LogP contribution in [0.1, 0.15) is 73.5 Å². The number of nitrogens with one attached hydrogen (secondary N) is 1. The first-order chi connectivity index (χ1) is 24.7. The van der Waals surface area contributed by atoms with Crippen LogP contribution < -0.4 is 20.9 Å². The lowest BCUT2D eigenvalue weighted by molar-refractivity contribution is -0.137. The third-order valence-corrected chi connectivity index (χ3v) is 9.69. The van der Waals surface area contributed by atoms with Crippen LogP contribution in [0.3, 0.4) is 0 Å². The lowest BCUT2D eigenvalue weighted by Gasteiger charge is -2.39. The Bertz CT molecular complexity index is 1860. The van der Waals surface area contributed by atoms with Gasteiger partial charge in [-0.15, -0.1) is 6.58 Å². The van der Waals surface area contributed by atoms with Gasteiger partial charge < -0.3 is 25.8 Å². The van der Waals surface area contributed by atoms with Gasteiger partial charge in [-0.2, -0.15) is 10.2 Å². The number of nitrogen functional groups attached to an aromatic ring is 1. The fourth-order valence-corrected chi connectivity index (χ4v) is 6.55. The summed E-state index contributed by atoms with van der Waals surface area (Å²) in [5, 5.41) is 11.6. The summed E-state index contributed by atoms with van der Waals surface area (Å²) in [4.78, 5) is 58.0. The maximum Gasteiger partial charge on any atom is 0.242 e. The Balaban J connectivity index is 1.03. The maximum absolute atomic E-state index is 12.8. The fraction of sp³-hybridized carbons (Fsp3) is 0.432. The molecule has 14 heteroatoms. The number of aryl methyl sites for hydroxylation is 1. The van der Waals surface area contributed by atoms with Crippen molar-refractivity contribution in [2.75, 3.05) is 49.8 Å². The molecule has 1 aliphatic heterocycles. The van der Waals surface area contributed by atoms with Gasteiger partial charge in [-0.05, 0) is 49.8 Å². The molecule has 14 nitrogen and oxygen atoms in total. The number of benzene rings is 1. The molecule has 0 aliphatic carbocycles. The number of imidazole rings is 1. The molecule has 1 unspecified atom stereocenters. The van der Waals surface area contributed by atoms with Crippen molar-refractivity contribution >= 4 is 47.2 Å². The van der Waals surface area contributed by atoms with Crippen LogP contribution in [0.4, 0.5) is 17.1 Å². The van der Waals surface area contributed by atoms with E-state index >= 15 is 0 Å². The average molecular weight is 697 g/mol. The molecular formula is C37H48N10O4. The van der Waals surface area contributed by atoms with E-state index in [-0.39, 0.29) is 23.9 Å². The molecule has 3 N–H and O–H groups in total. The van der Waals surface area contributed by atoms with Crippen molar-refractivity contribution in [3.63, 3.8) is 0 Å². The van der Waals surface area contributed by atoms with Crippen LogP contribution >= 0.6 is 0 Å². The number of anilines is 3. The SMILES string of the molecule is C=CCCC(C(=O)NC)N(C)c1ccc(CCCCCCCC(=O)N2CC(n3cc(-c4cnn5c(C=O)cnc5c4N)cn3)C2)cc1N(C)C=O.